The third kappa shape index (κ3) is 3.29. The first-order valence-corrected chi connectivity index (χ1v) is 9.54. The van der Waals surface area contributed by atoms with Gasteiger partial charge in [0.15, 0.2) is 0 Å². The van der Waals surface area contributed by atoms with E-state index in [-0.39, 0.29) is 36.6 Å². The van der Waals surface area contributed by atoms with Gasteiger partial charge in [-0.05, 0) is 23.3 Å². The van der Waals surface area contributed by atoms with Crippen molar-refractivity contribution in [3.63, 3.8) is 0 Å². The van der Waals surface area contributed by atoms with Crippen LogP contribution in [0, 0.1) is 0 Å². The van der Waals surface area contributed by atoms with E-state index in [1.54, 1.807) is 36.2 Å². The van der Waals surface area contributed by atoms with E-state index in [2.05, 4.69) is 5.32 Å². The van der Waals surface area contributed by atoms with Gasteiger partial charge in [0.05, 0.1) is 11.1 Å². The number of fused-ring (bicyclic) bond motifs is 2. The molecule has 0 fully saturated rings. The summed E-state index contributed by atoms with van der Waals surface area (Å²) >= 11 is 0. The minimum Gasteiger partial charge on any atom is -0.357 e. The van der Waals surface area contributed by atoms with Crippen LogP contribution in [0.15, 0.2) is 48.5 Å². The molecule has 2 aromatic rings. The molecule has 4 rings (SSSR count). The van der Waals surface area contributed by atoms with E-state index in [4.69, 9.17) is 0 Å². The van der Waals surface area contributed by atoms with Crippen molar-refractivity contribution in [2.24, 2.45) is 0 Å². The maximum Gasteiger partial charge on any atom is 0.261 e. The topological polar surface area (TPSA) is 86.8 Å². The summed E-state index contributed by atoms with van der Waals surface area (Å²) < 4.78 is 0. The molecule has 0 aliphatic carbocycles. The van der Waals surface area contributed by atoms with E-state index < -0.39 is 6.04 Å². The van der Waals surface area contributed by atoms with Crippen molar-refractivity contribution < 1.29 is 19.2 Å². The first-order valence-electron chi connectivity index (χ1n) is 9.54. The number of nitrogens with one attached hydrogen (secondary N) is 1. The number of carbonyl (C=O) groups is 4. The summed E-state index contributed by atoms with van der Waals surface area (Å²) in [6, 6.07) is 13.8. The van der Waals surface area contributed by atoms with Crippen molar-refractivity contribution in [1.29, 1.82) is 0 Å². The quantitative estimate of drug-likeness (QED) is 0.798. The number of hydrogen-bond donors (Lipinski definition) is 1. The van der Waals surface area contributed by atoms with Crippen LogP contribution in [0.5, 0.6) is 0 Å². The smallest absolute Gasteiger partial charge is 0.261 e. The third-order valence-electron chi connectivity index (χ3n) is 5.55. The SMILES string of the molecule is CNC(=O)[C@@H]1Cc2ccccc2CN1C(=O)CCN1C(=O)c2ccccc2C1=O. The molecular formula is C22H21N3O4. The Morgan fingerprint density at radius 2 is 1.55 bits per heavy atom. The summed E-state index contributed by atoms with van der Waals surface area (Å²) in [5, 5.41) is 2.62. The van der Waals surface area contributed by atoms with Gasteiger partial charge in [0.1, 0.15) is 6.04 Å². The van der Waals surface area contributed by atoms with Gasteiger partial charge in [-0.2, -0.15) is 0 Å². The van der Waals surface area contributed by atoms with Gasteiger partial charge in [0.2, 0.25) is 11.8 Å². The molecule has 0 saturated carbocycles. The van der Waals surface area contributed by atoms with Crippen molar-refractivity contribution in [2.75, 3.05) is 13.6 Å². The minimum absolute atomic E-state index is 0.0101. The van der Waals surface area contributed by atoms with Crippen molar-refractivity contribution >= 4 is 23.6 Å². The second kappa shape index (κ2) is 7.50. The summed E-state index contributed by atoms with van der Waals surface area (Å²) in [6.45, 7) is 0.318. The third-order valence-corrected chi connectivity index (χ3v) is 5.55. The molecule has 148 valence electrons. The number of hydrogen-bond acceptors (Lipinski definition) is 4. The molecular weight excluding hydrogens is 370 g/mol. The average molecular weight is 391 g/mol. The molecule has 0 radical (unpaired) electrons. The zero-order chi connectivity index (χ0) is 20.5. The predicted octanol–water partition coefficient (Wildman–Crippen LogP) is 1.37. The summed E-state index contributed by atoms with van der Waals surface area (Å²) in [7, 11) is 1.55. The van der Waals surface area contributed by atoms with Gasteiger partial charge >= 0.3 is 0 Å². The maximum absolute atomic E-state index is 13.0. The van der Waals surface area contributed by atoms with Crippen LogP contribution in [-0.2, 0) is 22.6 Å². The number of imide groups is 1. The lowest BCUT2D eigenvalue weighted by Gasteiger charge is -2.36. The Morgan fingerprint density at radius 3 is 2.17 bits per heavy atom. The highest BCUT2D eigenvalue weighted by Crippen LogP contribution is 2.26. The maximum atomic E-state index is 13.0. The Labute approximate surface area is 168 Å². The van der Waals surface area contributed by atoms with Crippen LogP contribution in [0.2, 0.25) is 0 Å². The molecule has 0 saturated heterocycles. The van der Waals surface area contributed by atoms with Gasteiger partial charge < -0.3 is 10.2 Å². The molecule has 7 nitrogen and oxygen atoms in total. The minimum atomic E-state index is -0.607. The fraction of sp³-hybridized carbons (Fsp3) is 0.273. The molecule has 2 aliphatic rings. The van der Waals surface area contributed by atoms with Crippen LogP contribution >= 0.6 is 0 Å². The van der Waals surface area contributed by atoms with Gasteiger partial charge in [0, 0.05) is 33.0 Å². The largest absolute Gasteiger partial charge is 0.357 e. The zero-order valence-corrected chi connectivity index (χ0v) is 16.1. The second-order valence-electron chi connectivity index (χ2n) is 7.18. The van der Waals surface area contributed by atoms with Crippen molar-refractivity contribution in [1.82, 2.24) is 15.1 Å². The normalized spacial score (nSPS) is 17.8. The predicted molar refractivity (Wildman–Crippen MR) is 105 cm³/mol. The monoisotopic (exact) mass is 391 g/mol. The molecule has 1 atom stereocenters. The highest BCUT2D eigenvalue weighted by atomic mass is 16.2. The van der Waals surface area contributed by atoms with E-state index in [1.165, 1.54) is 0 Å². The molecule has 4 amide bonds. The molecule has 0 spiro atoms. The number of likely N-dealkylation sites (N-methyl/N-ethyl adjacent to an activating group) is 1. The molecule has 0 bridgehead atoms. The van der Waals surface area contributed by atoms with Crippen LogP contribution in [0.25, 0.3) is 0 Å². The van der Waals surface area contributed by atoms with E-state index in [1.807, 2.05) is 24.3 Å². The van der Waals surface area contributed by atoms with E-state index in [0.717, 1.165) is 16.0 Å². The lowest BCUT2D eigenvalue weighted by atomic mass is 9.93. The molecule has 7 heteroatoms. The van der Waals surface area contributed by atoms with E-state index in [0.29, 0.717) is 24.1 Å². The van der Waals surface area contributed by atoms with Gasteiger partial charge in [-0.1, -0.05) is 36.4 Å². The zero-order valence-electron chi connectivity index (χ0n) is 16.1. The van der Waals surface area contributed by atoms with Gasteiger partial charge in [0.25, 0.3) is 11.8 Å². The highest BCUT2D eigenvalue weighted by Gasteiger charge is 2.37. The molecule has 29 heavy (non-hydrogen) atoms. The number of rotatable bonds is 4. The van der Waals surface area contributed by atoms with Crippen LogP contribution in [-0.4, -0.2) is 53.1 Å². The molecule has 0 aromatic heterocycles. The Morgan fingerprint density at radius 1 is 0.966 bits per heavy atom. The van der Waals surface area contributed by atoms with E-state index >= 15 is 0 Å². The summed E-state index contributed by atoms with van der Waals surface area (Å²) in [4.78, 5) is 53.0. The Bertz CT molecular complexity index is 982. The Hall–Kier alpha value is -3.48. The Kier molecular flexibility index (Phi) is 4.88. The lowest BCUT2D eigenvalue weighted by Crippen LogP contribution is -2.52. The van der Waals surface area contributed by atoms with Crippen LogP contribution in [0.3, 0.4) is 0 Å². The van der Waals surface area contributed by atoms with Gasteiger partial charge in [-0.3, -0.25) is 24.1 Å². The molecule has 1 N–H and O–H groups in total. The summed E-state index contributed by atoms with van der Waals surface area (Å²) in [6.07, 6.45) is 0.412. The highest BCUT2D eigenvalue weighted by molar-refractivity contribution is 6.21. The molecule has 2 heterocycles. The fourth-order valence-electron chi connectivity index (χ4n) is 3.98. The number of carbonyl (C=O) groups excluding carboxylic acids is 4. The summed E-state index contributed by atoms with van der Waals surface area (Å²) in [5.41, 5.74) is 2.77. The van der Waals surface area contributed by atoms with Gasteiger partial charge in [-0.15, -0.1) is 0 Å². The lowest BCUT2D eigenvalue weighted by molar-refractivity contribution is -0.141. The van der Waals surface area contributed by atoms with Crippen LogP contribution in [0.1, 0.15) is 38.3 Å². The fourth-order valence-corrected chi connectivity index (χ4v) is 3.98. The Balaban J connectivity index is 1.50. The molecule has 2 aliphatic heterocycles. The first kappa shape index (κ1) is 18.9. The first-order chi connectivity index (χ1) is 14.0. The van der Waals surface area contributed by atoms with Crippen LogP contribution in [0.4, 0.5) is 0 Å². The van der Waals surface area contributed by atoms with Gasteiger partial charge in [-0.25, -0.2) is 0 Å². The standard InChI is InChI=1S/C22H21N3O4/c1-23-20(27)18-12-14-6-2-3-7-15(14)13-25(18)19(26)10-11-24-21(28)16-8-4-5-9-17(16)22(24)29/h2-9,18H,10-13H2,1H3,(H,23,27)/t18-/m0/s1. The van der Waals surface area contributed by atoms with E-state index in [9.17, 15) is 19.2 Å². The summed E-state index contributed by atoms with van der Waals surface area (Å²) in [5.74, 6) is -1.26. The second-order valence-corrected chi connectivity index (χ2v) is 7.18. The van der Waals surface area contributed by atoms with Crippen LogP contribution < -0.4 is 5.32 Å². The number of nitrogens with zero attached hydrogens (tertiary/aromatic N) is 2. The van der Waals surface area contributed by atoms with Crippen molar-refractivity contribution in [3.8, 4) is 0 Å². The molecule has 2 aromatic carbocycles. The average Bonchev–Trinajstić information content (AvgIpc) is 3.00. The number of benzene rings is 2. The van der Waals surface area contributed by atoms with Crippen molar-refractivity contribution in [3.05, 3.63) is 70.8 Å². The number of amides is 4. The van der Waals surface area contributed by atoms with Crippen molar-refractivity contribution in [2.45, 2.75) is 25.4 Å². The molecule has 0 unspecified atom stereocenters.